The molecule has 0 atom stereocenters. The van der Waals surface area contributed by atoms with E-state index in [2.05, 4.69) is 9.97 Å². The normalized spacial score (nSPS) is 10.6. The molecular weight excluding hydrogens is 326 g/mol. The minimum atomic E-state index is -0.455. The average molecular weight is 342 g/mol. The molecule has 2 aromatic carbocycles. The van der Waals surface area contributed by atoms with Crippen LogP contribution in [0.15, 0.2) is 59.4 Å². The van der Waals surface area contributed by atoms with Crippen LogP contribution in [0.25, 0.3) is 5.69 Å². The first kappa shape index (κ1) is 16.2. The number of aryl methyl sites for hydroxylation is 1. The van der Waals surface area contributed by atoms with Gasteiger partial charge in [-0.2, -0.15) is 9.97 Å². The van der Waals surface area contributed by atoms with E-state index in [1.54, 1.807) is 31.2 Å². The summed E-state index contributed by atoms with van der Waals surface area (Å²) in [6.45, 7) is 2.13. The number of hydrazine groups is 1. The summed E-state index contributed by atoms with van der Waals surface area (Å²) in [7, 11) is 0. The quantitative estimate of drug-likeness (QED) is 0.582. The summed E-state index contributed by atoms with van der Waals surface area (Å²) in [6.07, 6.45) is 0. The van der Waals surface area contributed by atoms with Crippen molar-refractivity contribution in [2.45, 2.75) is 13.5 Å². The van der Waals surface area contributed by atoms with E-state index in [0.29, 0.717) is 23.1 Å². The Morgan fingerprint density at radius 2 is 1.88 bits per heavy atom. The van der Waals surface area contributed by atoms with Crippen molar-refractivity contribution in [3.05, 3.63) is 81.5 Å². The molecular formula is C17H16ClN5O. The van der Waals surface area contributed by atoms with Crippen molar-refractivity contribution in [2.75, 3.05) is 5.01 Å². The Labute approximate surface area is 144 Å². The highest BCUT2D eigenvalue weighted by Crippen LogP contribution is 2.15. The van der Waals surface area contributed by atoms with Crippen LogP contribution in [0.1, 0.15) is 11.4 Å². The van der Waals surface area contributed by atoms with Gasteiger partial charge in [-0.25, -0.2) is 15.2 Å². The number of nitrogens with two attached hydrogens (primary N) is 1. The van der Waals surface area contributed by atoms with Crippen LogP contribution in [0.2, 0.25) is 5.02 Å². The van der Waals surface area contributed by atoms with Gasteiger partial charge in [0.2, 0.25) is 5.95 Å². The van der Waals surface area contributed by atoms with E-state index in [1.165, 1.54) is 9.58 Å². The Morgan fingerprint density at radius 1 is 1.12 bits per heavy atom. The van der Waals surface area contributed by atoms with E-state index in [0.717, 1.165) is 5.56 Å². The molecule has 0 aliphatic rings. The van der Waals surface area contributed by atoms with Crippen LogP contribution >= 0.6 is 11.6 Å². The molecule has 3 rings (SSSR count). The first-order chi connectivity index (χ1) is 11.5. The lowest BCUT2D eigenvalue weighted by atomic mass is 10.2. The highest BCUT2D eigenvalue weighted by Gasteiger charge is 2.13. The van der Waals surface area contributed by atoms with Crippen LogP contribution in [0.5, 0.6) is 0 Å². The molecule has 0 saturated carbocycles. The zero-order chi connectivity index (χ0) is 17.1. The van der Waals surface area contributed by atoms with E-state index in [1.807, 2.05) is 30.3 Å². The maximum Gasteiger partial charge on any atom is 0.356 e. The third kappa shape index (κ3) is 3.45. The van der Waals surface area contributed by atoms with Crippen molar-refractivity contribution in [3.8, 4) is 5.69 Å². The Kier molecular flexibility index (Phi) is 4.59. The fourth-order valence-electron chi connectivity index (χ4n) is 2.39. The smallest absolute Gasteiger partial charge is 0.274 e. The summed E-state index contributed by atoms with van der Waals surface area (Å²) in [4.78, 5) is 20.8. The fraction of sp³-hybridized carbons (Fsp3) is 0.118. The van der Waals surface area contributed by atoms with Crippen molar-refractivity contribution in [1.82, 2.24) is 14.5 Å². The molecule has 0 bridgehead atoms. The molecule has 0 saturated heterocycles. The molecule has 6 nitrogen and oxygen atoms in total. The van der Waals surface area contributed by atoms with Crippen LogP contribution < -0.4 is 16.5 Å². The topological polar surface area (TPSA) is 77.0 Å². The Balaban J connectivity index is 1.94. The average Bonchev–Trinajstić information content (AvgIpc) is 2.55. The lowest BCUT2D eigenvalue weighted by molar-refractivity contribution is 0.743. The fourth-order valence-corrected chi connectivity index (χ4v) is 2.57. The number of nitrogens with zero attached hydrogens (tertiary/aromatic N) is 4. The van der Waals surface area contributed by atoms with Gasteiger partial charge in [-0.15, -0.1) is 0 Å². The molecule has 1 heterocycles. The van der Waals surface area contributed by atoms with Gasteiger partial charge in [0.1, 0.15) is 5.82 Å². The first-order valence-electron chi connectivity index (χ1n) is 7.34. The monoisotopic (exact) mass is 341 g/mol. The summed E-state index contributed by atoms with van der Waals surface area (Å²) in [6, 6.07) is 16.6. The zero-order valence-corrected chi connectivity index (χ0v) is 13.8. The molecule has 0 amide bonds. The van der Waals surface area contributed by atoms with Gasteiger partial charge in [0, 0.05) is 5.02 Å². The number of rotatable bonds is 4. The maximum absolute atomic E-state index is 12.4. The second kappa shape index (κ2) is 6.82. The summed E-state index contributed by atoms with van der Waals surface area (Å²) < 4.78 is 1.39. The summed E-state index contributed by atoms with van der Waals surface area (Å²) >= 11 is 5.99. The predicted molar refractivity (Wildman–Crippen MR) is 94.2 cm³/mol. The lowest BCUT2D eigenvalue weighted by Gasteiger charge is -2.18. The van der Waals surface area contributed by atoms with Gasteiger partial charge in [-0.05, 0) is 30.7 Å². The Hall–Kier alpha value is -2.70. The highest BCUT2D eigenvalue weighted by atomic mass is 35.5. The molecule has 0 spiro atoms. The van der Waals surface area contributed by atoms with Crippen LogP contribution in [0.3, 0.4) is 0 Å². The van der Waals surface area contributed by atoms with E-state index in [-0.39, 0.29) is 5.95 Å². The number of anilines is 1. The van der Waals surface area contributed by atoms with E-state index < -0.39 is 5.69 Å². The molecule has 0 aliphatic heterocycles. The van der Waals surface area contributed by atoms with Crippen molar-refractivity contribution < 1.29 is 0 Å². The van der Waals surface area contributed by atoms with Crippen LogP contribution in [0.4, 0.5) is 5.95 Å². The summed E-state index contributed by atoms with van der Waals surface area (Å²) in [5, 5.41) is 1.89. The minimum absolute atomic E-state index is 0.180. The number of aromatic nitrogens is 3. The summed E-state index contributed by atoms with van der Waals surface area (Å²) in [5.74, 6) is 6.68. The second-order valence-corrected chi connectivity index (χ2v) is 5.72. The van der Waals surface area contributed by atoms with Gasteiger partial charge in [0.15, 0.2) is 0 Å². The van der Waals surface area contributed by atoms with Crippen molar-refractivity contribution in [1.29, 1.82) is 0 Å². The number of hydrogen-bond acceptors (Lipinski definition) is 5. The predicted octanol–water partition coefficient (Wildman–Crippen LogP) is 2.47. The van der Waals surface area contributed by atoms with Gasteiger partial charge in [-0.3, -0.25) is 5.01 Å². The van der Waals surface area contributed by atoms with Gasteiger partial charge < -0.3 is 0 Å². The third-order valence-electron chi connectivity index (χ3n) is 3.49. The molecule has 0 aliphatic carbocycles. The first-order valence-corrected chi connectivity index (χ1v) is 7.72. The molecule has 1 aromatic heterocycles. The molecule has 2 N–H and O–H groups in total. The molecule has 122 valence electrons. The van der Waals surface area contributed by atoms with Crippen LogP contribution in [-0.2, 0) is 6.54 Å². The minimum Gasteiger partial charge on any atom is -0.274 e. The largest absolute Gasteiger partial charge is 0.356 e. The molecule has 0 unspecified atom stereocenters. The van der Waals surface area contributed by atoms with Crippen molar-refractivity contribution in [2.24, 2.45) is 5.84 Å². The molecule has 24 heavy (non-hydrogen) atoms. The highest BCUT2D eigenvalue weighted by molar-refractivity contribution is 6.30. The Bertz CT molecular complexity index is 910. The SMILES string of the molecule is Cc1nc(N(N)Cc2ccccc2)nc(=O)n1-c1cccc(Cl)c1. The molecule has 3 aromatic rings. The maximum atomic E-state index is 12.4. The van der Waals surface area contributed by atoms with Crippen LogP contribution in [-0.4, -0.2) is 14.5 Å². The number of halogens is 1. The van der Waals surface area contributed by atoms with Gasteiger partial charge in [-0.1, -0.05) is 48.0 Å². The summed E-state index contributed by atoms with van der Waals surface area (Å²) in [5.41, 5.74) is 1.16. The Morgan fingerprint density at radius 3 is 2.54 bits per heavy atom. The van der Waals surface area contributed by atoms with Crippen molar-refractivity contribution in [3.63, 3.8) is 0 Å². The van der Waals surface area contributed by atoms with Gasteiger partial charge in [0.05, 0.1) is 12.2 Å². The van der Waals surface area contributed by atoms with E-state index in [4.69, 9.17) is 17.4 Å². The molecule has 0 fully saturated rings. The van der Waals surface area contributed by atoms with Gasteiger partial charge in [0.25, 0.3) is 0 Å². The van der Waals surface area contributed by atoms with E-state index >= 15 is 0 Å². The number of hydrogen-bond donors (Lipinski definition) is 1. The lowest BCUT2D eigenvalue weighted by Crippen LogP contribution is -2.36. The zero-order valence-electron chi connectivity index (χ0n) is 13.1. The van der Waals surface area contributed by atoms with E-state index in [9.17, 15) is 4.79 Å². The van der Waals surface area contributed by atoms with Crippen LogP contribution in [0, 0.1) is 6.92 Å². The number of benzene rings is 2. The third-order valence-corrected chi connectivity index (χ3v) is 3.73. The molecule has 7 heteroatoms. The van der Waals surface area contributed by atoms with Gasteiger partial charge >= 0.3 is 5.69 Å². The second-order valence-electron chi connectivity index (χ2n) is 5.28. The van der Waals surface area contributed by atoms with Crippen molar-refractivity contribution >= 4 is 17.5 Å². The standard InChI is InChI=1S/C17H16ClN5O/c1-12-20-16(22(19)11-13-6-3-2-4-7-13)21-17(24)23(12)15-9-5-8-14(18)10-15/h2-10H,11,19H2,1H3. The molecule has 0 radical (unpaired) electrons.